The second kappa shape index (κ2) is 6.96. The first-order valence-corrected chi connectivity index (χ1v) is 6.11. The summed E-state index contributed by atoms with van der Waals surface area (Å²) in [4.78, 5) is 22.0. The van der Waals surface area contributed by atoms with Gasteiger partial charge >= 0.3 is 18.2 Å². The molecule has 2 amide bonds. The molecule has 1 unspecified atom stereocenters. The minimum atomic E-state index is -4.34. The van der Waals surface area contributed by atoms with E-state index in [0.29, 0.717) is 11.3 Å². The third-order valence-corrected chi connectivity index (χ3v) is 2.48. The first-order valence-electron chi connectivity index (χ1n) is 6.11. The molecule has 0 aliphatic heterocycles. The molecule has 1 aromatic rings. The number of carboxylic acid groups (broad SMARTS) is 1. The Morgan fingerprint density at radius 2 is 1.81 bits per heavy atom. The monoisotopic (exact) mass is 304 g/mol. The molecule has 0 heterocycles. The summed E-state index contributed by atoms with van der Waals surface area (Å²) in [5.41, 5.74) is 0.916. The van der Waals surface area contributed by atoms with Gasteiger partial charge in [0.1, 0.15) is 0 Å². The van der Waals surface area contributed by atoms with Crippen LogP contribution in [0.2, 0.25) is 0 Å². The lowest BCUT2D eigenvalue weighted by atomic mass is 10.1. The van der Waals surface area contributed by atoms with Gasteiger partial charge in [0, 0.05) is 11.7 Å². The Kier molecular flexibility index (Phi) is 5.57. The predicted molar refractivity (Wildman–Crippen MR) is 70.1 cm³/mol. The average Bonchev–Trinajstić information content (AvgIpc) is 2.28. The molecule has 0 aliphatic carbocycles. The minimum absolute atomic E-state index is 0.144. The SMILES string of the molecule is CC(CC(F)(F)F)NC(=O)Nc1ccc(CC(=O)O)cc1. The van der Waals surface area contributed by atoms with Crippen molar-refractivity contribution in [2.24, 2.45) is 0 Å². The Labute approximate surface area is 119 Å². The number of carbonyl (C=O) groups is 2. The second-order valence-electron chi connectivity index (χ2n) is 4.59. The highest BCUT2D eigenvalue weighted by molar-refractivity contribution is 5.89. The van der Waals surface area contributed by atoms with Gasteiger partial charge in [-0.1, -0.05) is 12.1 Å². The third kappa shape index (κ3) is 7.19. The fraction of sp³-hybridized carbons (Fsp3) is 0.385. The van der Waals surface area contributed by atoms with Gasteiger partial charge in [-0.3, -0.25) is 4.79 Å². The van der Waals surface area contributed by atoms with Crippen molar-refractivity contribution in [1.82, 2.24) is 5.32 Å². The molecule has 1 atom stereocenters. The lowest BCUT2D eigenvalue weighted by Crippen LogP contribution is -2.38. The van der Waals surface area contributed by atoms with Crippen LogP contribution in [0, 0.1) is 0 Å². The van der Waals surface area contributed by atoms with Crippen molar-refractivity contribution >= 4 is 17.7 Å². The molecule has 1 aromatic carbocycles. The number of nitrogens with one attached hydrogen (secondary N) is 2. The summed E-state index contributed by atoms with van der Waals surface area (Å²) in [7, 11) is 0. The maximum Gasteiger partial charge on any atom is 0.391 e. The molecule has 1 rings (SSSR count). The van der Waals surface area contributed by atoms with Gasteiger partial charge < -0.3 is 15.7 Å². The zero-order valence-electron chi connectivity index (χ0n) is 11.2. The Hall–Kier alpha value is -2.25. The number of hydrogen-bond acceptors (Lipinski definition) is 2. The van der Waals surface area contributed by atoms with Crippen LogP contribution in [-0.2, 0) is 11.2 Å². The standard InChI is InChI=1S/C13H15F3N2O3/c1-8(7-13(14,15)16)17-12(21)18-10-4-2-9(3-5-10)6-11(19)20/h2-5,8H,6-7H2,1H3,(H,19,20)(H2,17,18,21). The summed E-state index contributed by atoms with van der Waals surface area (Å²) >= 11 is 0. The van der Waals surface area contributed by atoms with Gasteiger partial charge in [0.05, 0.1) is 12.8 Å². The molecule has 3 N–H and O–H groups in total. The van der Waals surface area contributed by atoms with Crippen LogP contribution in [0.4, 0.5) is 23.7 Å². The second-order valence-corrected chi connectivity index (χ2v) is 4.59. The number of carbonyl (C=O) groups excluding carboxylic acids is 1. The number of rotatable bonds is 5. The smallest absolute Gasteiger partial charge is 0.391 e. The van der Waals surface area contributed by atoms with Crippen molar-refractivity contribution < 1.29 is 27.9 Å². The quantitative estimate of drug-likeness (QED) is 0.782. The molecule has 5 nitrogen and oxygen atoms in total. The Morgan fingerprint density at radius 1 is 1.24 bits per heavy atom. The highest BCUT2D eigenvalue weighted by Gasteiger charge is 2.30. The van der Waals surface area contributed by atoms with E-state index < -0.39 is 30.6 Å². The first-order chi connectivity index (χ1) is 9.65. The predicted octanol–water partition coefficient (Wildman–Crippen LogP) is 2.78. The van der Waals surface area contributed by atoms with E-state index in [0.717, 1.165) is 0 Å². The number of urea groups is 1. The van der Waals surface area contributed by atoms with Crippen LogP contribution < -0.4 is 10.6 Å². The zero-order chi connectivity index (χ0) is 16.0. The molecule has 0 bridgehead atoms. The summed E-state index contributed by atoms with van der Waals surface area (Å²) < 4.78 is 36.3. The van der Waals surface area contributed by atoms with Gasteiger partial charge in [-0.15, -0.1) is 0 Å². The van der Waals surface area contributed by atoms with Gasteiger partial charge in [-0.25, -0.2) is 4.79 Å². The van der Waals surface area contributed by atoms with Gasteiger partial charge in [-0.2, -0.15) is 13.2 Å². The van der Waals surface area contributed by atoms with Crippen LogP contribution in [0.5, 0.6) is 0 Å². The van der Waals surface area contributed by atoms with Gasteiger partial charge in [0.2, 0.25) is 0 Å². The van der Waals surface area contributed by atoms with Crippen molar-refractivity contribution in [2.45, 2.75) is 32.0 Å². The van der Waals surface area contributed by atoms with Crippen LogP contribution in [0.1, 0.15) is 18.9 Å². The Morgan fingerprint density at radius 3 is 2.29 bits per heavy atom. The number of hydrogen-bond donors (Lipinski definition) is 3. The Bertz CT molecular complexity index is 500. The molecule has 0 aromatic heterocycles. The summed E-state index contributed by atoms with van der Waals surface area (Å²) in [5, 5.41) is 13.1. The average molecular weight is 304 g/mol. The first kappa shape index (κ1) is 16.8. The van der Waals surface area contributed by atoms with Crippen LogP contribution in [0.25, 0.3) is 0 Å². The van der Waals surface area contributed by atoms with Crippen molar-refractivity contribution in [3.05, 3.63) is 29.8 Å². The molecular weight excluding hydrogens is 289 g/mol. The lowest BCUT2D eigenvalue weighted by molar-refractivity contribution is -0.138. The maximum atomic E-state index is 12.1. The maximum absolute atomic E-state index is 12.1. The van der Waals surface area contributed by atoms with Gasteiger partial charge in [-0.05, 0) is 24.6 Å². The fourth-order valence-corrected chi connectivity index (χ4v) is 1.67. The van der Waals surface area contributed by atoms with E-state index in [1.54, 1.807) is 0 Å². The van der Waals surface area contributed by atoms with E-state index in [9.17, 15) is 22.8 Å². The van der Waals surface area contributed by atoms with Crippen LogP contribution in [0.15, 0.2) is 24.3 Å². The largest absolute Gasteiger partial charge is 0.481 e. The zero-order valence-corrected chi connectivity index (χ0v) is 11.2. The van der Waals surface area contributed by atoms with Crippen LogP contribution in [0.3, 0.4) is 0 Å². The molecule has 21 heavy (non-hydrogen) atoms. The number of amides is 2. The highest BCUT2D eigenvalue weighted by atomic mass is 19.4. The number of carboxylic acids is 1. The summed E-state index contributed by atoms with van der Waals surface area (Å²) in [5.74, 6) is -0.977. The molecule has 0 aliphatic rings. The van der Waals surface area contributed by atoms with Crippen LogP contribution >= 0.6 is 0 Å². The number of halogens is 3. The van der Waals surface area contributed by atoms with E-state index >= 15 is 0 Å². The van der Waals surface area contributed by atoms with E-state index in [-0.39, 0.29) is 6.42 Å². The molecule has 0 saturated heterocycles. The summed E-state index contributed by atoms with van der Waals surface area (Å²) in [6.07, 6.45) is -5.60. The third-order valence-electron chi connectivity index (χ3n) is 2.48. The fourth-order valence-electron chi connectivity index (χ4n) is 1.67. The topological polar surface area (TPSA) is 78.4 Å². The van der Waals surface area contributed by atoms with E-state index in [4.69, 9.17) is 5.11 Å². The number of aliphatic carboxylic acids is 1. The van der Waals surface area contributed by atoms with E-state index in [1.807, 2.05) is 0 Å². The minimum Gasteiger partial charge on any atom is -0.481 e. The van der Waals surface area contributed by atoms with Gasteiger partial charge in [0.15, 0.2) is 0 Å². The van der Waals surface area contributed by atoms with Crippen molar-refractivity contribution in [3.63, 3.8) is 0 Å². The molecule has 8 heteroatoms. The van der Waals surface area contributed by atoms with Crippen molar-refractivity contribution in [3.8, 4) is 0 Å². The normalized spacial score (nSPS) is 12.6. The van der Waals surface area contributed by atoms with Crippen molar-refractivity contribution in [2.75, 3.05) is 5.32 Å². The number of benzene rings is 1. The number of anilines is 1. The molecular formula is C13H15F3N2O3. The molecule has 0 saturated carbocycles. The molecule has 116 valence electrons. The van der Waals surface area contributed by atoms with E-state index in [2.05, 4.69) is 10.6 Å². The lowest BCUT2D eigenvalue weighted by Gasteiger charge is -2.16. The molecule has 0 spiro atoms. The summed E-state index contributed by atoms with van der Waals surface area (Å²) in [6.45, 7) is 1.25. The molecule has 0 fully saturated rings. The van der Waals surface area contributed by atoms with Gasteiger partial charge in [0.25, 0.3) is 0 Å². The van der Waals surface area contributed by atoms with E-state index in [1.165, 1.54) is 31.2 Å². The van der Waals surface area contributed by atoms with Crippen LogP contribution in [-0.4, -0.2) is 29.3 Å². The number of alkyl halides is 3. The highest BCUT2D eigenvalue weighted by Crippen LogP contribution is 2.21. The summed E-state index contributed by atoms with van der Waals surface area (Å²) in [6, 6.07) is 4.19. The Balaban J connectivity index is 2.49. The van der Waals surface area contributed by atoms with Crippen molar-refractivity contribution in [1.29, 1.82) is 0 Å². The molecule has 0 radical (unpaired) electrons.